The van der Waals surface area contributed by atoms with E-state index in [9.17, 15) is 0 Å². The molecule has 0 radical (unpaired) electrons. The number of ether oxygens (including phenoxy) is 1. The molecule has 3 heteroatoms. The van der Waals surface area contributed by atoms with Crippen molar-refractivity contribution in [3.63, 3.8) is 0 Å². The van der Waals surface area contributed by atoms with Crippen LogP contribution in [0.2, 0.25) is 0 Å². The molecule has 1 aliphatic carbocycles. The Morgan fingerprint density at radius 2 is 1.80 bits per heavy atom. The van der Waals surface area contributed by atoms with Gasteiger partial charge in [-0.15, -0.1) is 11.8 Å². The van der Waals surface area contributed by atoms with Gasteiger partial charge >= 0.3 is 0 Å². The maximum atomic E-state index is 6.40. The molecule has 3 rings (SSSR count). The fraction of sp³-hybridized carbons (Fsp3) is 0.294. The zero-order valence-electron chi connectivity index (χ0n) is 11.6. The van der Waals surface area contributed by atoms with Crippen LogP contribution in [0.4, 0.5) is 0 Å². The van der Waals surface area contributed by atoms with E-state index in [0.29, 0.717) is 6.10 Å². The number of thioether (sulfide) groups is 1. The molecule has 1 saturated carbocycles. The average Bonchev–Trinajstić information content (AvgIpc) is 3.31. The molecule has 0 amide bonds. The van der Waals surface area contributed by atoms with Gasteiger partial charge in [-0.2, -0.15) is 0 Å². The normalized spacial score (nSPS) is 15.9. The van der Waals surface area contributed by atoms with Crippen molar-refractivity contribution in [3.8, 4) is 5.75 Å². The summed E-state index contributed by atoms with van der Waals surface area (Å²) < 4.78 is 5.77. The number of benzene rings is 2. The van der Waals surface area contributed by atoms with Crippen LogP contribution in [0.5, 0.6) is 5.75 Å². The highest BCUT2D eigenvalue weighted by atomic mass is 32.2. The van der Waals surface area contributed by atoms with Crippen molar-refractivity contribution in [3.05, 3.63) is 59.7 Å². The molecule has 0 heterocycles. The number of hydrogen-bond donors (Lipinski definition) is 1. The summed E-state index contributed by atoms with van der Waals surface area (Å²) in [6.45, 7) is 0. The molecule has 1 fully saturated rings. The standard InChI is InChI=1S/C17H19NOS/c1-20-16-5-3-2-4-15(16)17(18)12-6-8-13(9-7-12)19-14-10-11-14/h2-9,14,17H,10-11,18H2,1H3. The summed E-state index contributed by atoms with van der Waals surface area (Å²) in [5.41, 5.74) is 8.70. The van der Waals surface area contributed by atoms with E-state index in [1.807, 2.05) is 18.2 Å². The Balaban J connectivity index is 1.80. The molecule has 1 atom stereocenters. The zero-order chi connectivity index (χ0) is 13.9. The van der Waals surface area contributed by atoms with Gasteiger partial charge in [0.2, 0.25) is 0 Å². The molecule has 0 spiro atoms. The molecule has 1 unspecified atom stereocenters. The summed E-state index contributed by atoms with van der Waals surface area (Å²) in [5.74, 6) is 0.946. The van der Waals surface area contributed by atoms with Gasteiger partial charge in [-0.05, 0) is 48.4 Å². The van der Waals surface area contributed by atoms with Gasteiger partial charge in [-0.3, -0.25) is 0 Å². The van der Waals surface area contributed by atoms with Crippen molar-refractivity contribution in [2.45, 2.75) is 29.9 Å². The molecule has 2 nitrogen and oxygen atoms in total. The molecule has 20 heavy (non-hydrogen) atoms. The molecule has 0 aromatic heterocycles. The molecule has 0 saturated heterocycles. The lowest BCUT2D eigenvalue weighted by Crippen LogP contribution is -2.12. The molecule has 2 N–H and O–H groups in total. The fourth-order valence-electron chi connectivity index (χ4n) is 2.23. The first-order valence-corrected chi connectivity index (χ1v) is 8.15. The lowest BCUT2D eigenvalue weighted by atomic mass is 9.99. The second kappa shape index (κ2) is 5.90. The highest BCUT2D eigenvalue weighted by Crippen LogP contribution is 2.31. The molecule has 0 aliphatic heterocycles. The van der Waals surface area contributed by atoms with E-state index in [4.69, 9.17) is 10.5 Å². The van der Waals surface area contributed by atoms with E-state index in [1.165, 1.54) is 23.3 Å². The van der Waals surface area contributed by atoms with Crippen LogP contribution in [0.15, 0.2) is 53.4 Å². The summed E-state index contributed by atoms with van der Waals surface area (Å²) in [5, 5.41) is 0. The molecular weight excluding hydrogens is 266 g/mol. The minimum absolute atomic E-state index is 0.0892. The highest BCUT2D eigenvalue weighted by molar-refractivity contribution is 7.98. The van der Waals surface area contributed by atoms with Crippen LogP contribution in [0.1, 0.15) is 30.0 Å². The van der Waals surface area contributed by atoms with E-state index in [2.05, 4.69) is 36.6 Å². The summed E-state index contributed by atoms with van der Waals surface area (Å²) in [4.78, 5) is 1.23. The van der Waals surface area contributed by atoms with Crippen molar-refractivity contribution in [1.82, 2.24) is 0 Å². The van der Waals surface area contributed by atoms with Gasteiger partial charge in [0.05, 0.1) is 12.1 Å². The Morgan fingerprint density at radius 3 is 2.45 bits per heavy atom. The van der Waals surface area contributed by atoms with Crippen LogP contribution < -0.4 is 10.5 Å². The Labute approximate surface area is 124 Å². The lowest BCUT2D eigenvalue weighted by molar-refractivity contribution is 0.303. The molecule has 1 aliphatic rings. The molecule has 0 bridgehead atoms. The third-order valence-corrected chi connectivity index (χ3v) is 4.35. The van der Waals surface area contributed by atoms with Crippen molar-refractivity contribution in [2.24, 2.45) is 5.73 Å². The molecule has 104 valence electrons. The Hall–Kier alpha value is -1.45. The second-order valence-corrected chi connectivity index (χ2v) is 5.95. The maximum Gasteiger partial charge on any atom is 0.119 e. The Kier molecular flexibility index (Phi) is 3.99. The Morgan fingerprint density at radius 1 is 1.10 bits per heavy atom. The van der Waals surface area contributed by atoms with Gasteiger partial charge in [0.25, 0.3) is 0 Å². The van der Waals surface area contributed by atoms with Gasteiger partial charge in [-0.1, -0.05) is 30.3 Å². The highest BCUT2D eigenvalue weighted by Gasteiger charge is 2.23. The summed E-state index contributed by atoms with van der Waals surface area (Å²) in [6.07, 6.45) is 4.88. The van der Waals surface area contributed by atoms with E-state index in [0.717, 1.165) is 11.3 Å². The molecule has 2 aromatic carbocycles. The van der Waals surface area contributed by atoms with Crippen LogP contribution in [0, 0.1) is 0 Å². The summed E-state index contributed by atoms with van der Waals surface area (Å²) in [6, 6.07) is 16.4. The predicted molar refractivity (Wildman–Crippen MR) is 84.3 cm³/mol. The van der Waals surface area contributed by atoms with E-state index >= 15 is 0 Å². The van der Waals surface area contributed by atoms with Gasteiger partial charge in [0.1, 0.15) is 5.75 Å². The maximum absolute atomic E-state index is 6.40. The van der Waals surface area contributed by atoms with E-state index in [1.54, 1.807) is 11.8 Å². The van der Waals surface area contributed by atoms with Crippen molar-refractivity contribution >= 4 is 11.8 Å². The molecule has 2 aromatic rings. The minimum atomic E-state index is -0.0892. The van der Waals surface area contributed by atoms with E-state index in [-0.39, 0.29) is 6.04 Å². The average molecular weight is 285 g/mol. The number of hydrogen-bond acceptors (Lipinski definition) is 3. The van der Waals surface area contributed by atoms with Crippen molar-refractivity contribution in [1.29, 1.82) is 0 Å². The second-order valence-electron chi connectivity index (χ2n) is 5.11. The summed E-state index contributed by atoms with van der Waals surface area (Å²) >= 11 is 1.73. The topological polar surface area (TPSA) is 35.2 Å². The molecular formula is C17H19NOS. The minimum Gasteiger partial charge on any atom is -0.490 e. The predicted octanol–water partition coefficient (Wildman–Crippen LogP) is 4.00. The number of rotatable bonds is 5. The zero-order valence-corrected chi connectivity index (χ0v) is 12.4. The summed E-state index contributed by atoms with van der Waals surface area (Å²) in [7, 11) is 0. The van der Waals surface area contributed by atoms with Crippen LogP contribution in [-0.4, -0.2) is 12.4 Å². The first kappa shape index (κ1) is 13.5. The van der Waals surface area contributed by atoms with E-state index < -0.39 is 0 Å². The fourth-order valence-corrected chi connectivity index (χ4v) is 2.88. The van der Waals surface area contributed by atoms with Crippen molar-refractivity contribution < 1.29 is 4.74 Å². The monoisotopic (exact) mass is 285 g/mol. The van der Waals surface area contributed by atoms with Crippen LogP contribution in [-0.2, 0) is 0 Å². The first-order valence-electron chi connectivity index (χ1n) is 6.93. The van der Waals surface area contributed by atoms with Gasteiger partial charge in [0, 0.05) is 4.90 Å². The largest absolute Gasteiger partial charge is 0.490 e. The van der Waals surface area contributed by atoms with Gasteiger partial charge in [-0.25, -0.2) is 0 Å². The quantitative estimate of drug-likeness (QED) is 0.843. The van der Waals surface area contributed by atoms with Gasteiger partial charge < -0.3 is 10.5 Å². The number of nitrogens with two attached hydrogens (primary N) is 1. The van der Waals surface area contributed by atoms with Crippen molar-refractivity contribution in [2.75, 3.05) is 6.26 Å². The van der Waals surface area contributed by atoms with Crippen LogP contribution in [0.25, 0.3) is 0 Å². The smallest absolute Gasteiger partial charge is 0.119 e. The lowest BCUT2D eigenvalue weighted by Gasteiger charge is -2.16. The van der Waals surface area contributed by atoms with Gasteiger partial charge in [0.15, 0.2) is 0 Å². The first-order chi connectivity index (χ1) is 9.78. The van der Waals surface area contributed by atoms with Crippen LogP contribution in [0.3, 0.4) is 0 Å². The third kappa shape index (κ3) is 3.00. The van der Waals surface area contributed by atoms with Crippen LogP contribution >= 0.6 is 11.8 Å². The SMILES string of the molecule is CSc1ccccc1C(N)c1ccc(OC2CC2)cc1. The Bertz CT molecular complexity index is 578. The third-order valence-electron chi connectivity index (χ3n) is 3.54.